The maximum atomic E-state index is 12.5. The van der Waals surface area contributed by atoms with E-state index in [1.807, 2.05) is 30.8 Å². The number of nitrogens with zero attached hydrogens (tertiary/aromatic N) is 4. The van der Waals surface area contributed by atoms with E-state index in [0.29, 0.717) is 24.6 Å². The summed E-state index contributed by atoms with van der Waals surface area (Å²) in [5.41, 5.74) is 7.42. The van der Waals surface area contributed by atoms with Crippen LogP contribution in [0.25, 0.3) is 0 Å². The zero-order chi connectivity index (χ0) is 18.0. The standard InChI is InChI=1S/C17H24N6O2/c1-11-4-5-22(2)16(11)17(24)19-8-12-6-13(25-3)9-23(12)15-7-14(18)20-10-21-15/h4-5,7,10,12-13H,6,8-9H2,1-3H3,(H,19,24)(H2,18,20,21)/t12-,13-/m1/s1. The molecule has 0 saturated carbocycles. The molecular weight excluding hydrogens is 320 g/mol. The molecule has 8 nitrogen and oxygen atoms in total. The lowest BCUT2D eigenvalue weighted by Crippen LogP contribution is -2.41. The van der Waals surface area contributed by atoms with Gasteiger partial charge in [-0.2, -0.15) is 0 Å². The zero-order valence-corrected chi connectivity index (χ0v) is 14.8. The molecular formula is C17H24N6O2. The molecule has 0 radical (unpaired) electrons. The van der Waals surface area contributed by atoms with Crippen LogP contribution in [0.4, 0.5) is 11.6 Å². The number of ether oxygens (including phenoxy) is 1. The lowest BCUT2D eigenvalue weighted by Gasteiger charge is -2.25. The van der Waals surface area contributed by atoms with Crippen molar-refractivity contribution in [2.24, 2.45) is 7.05 Å². The number of hydrogen-bond donors (Lipinski definition) is 2. The molecule has 1 fully saturated rings. The Hall–Kier alpha value is -2.61. The quantitative estimate of drug-likeness (QED) is 0.830. The Morgan fingerprint density at radius 3 is 2.92 bits per heavy atom. The molecule has 1 aliphatic rings. The first kappa shape index (κ1) is 17.2. The third-order valence-corrected chi connectivity index (χ3v) is 4.67. The van der Waals surface area contributed by atoms with Crippen molar-refractivity contribution in [1.29, 1.82) is 0 Å². The molecule has 0 spiro atoms. The van der Waals surface area contributed by atoms with Crippen LogP contribution in [0.5, 0.6) is 0 Å². The van der Waals surface area contributed by atoms with E-state index in [0.717, 1.165) is 17.8 Å². The number of aromatic nitrogens is 3. The summed E-state index contributed by atoms with van der Waals surface area (Å²) in [5.74, 6) is 1.10. The van der Waals surface area contributed by atoms with Crippen LogP contribution in [0.3, 0.4) is 0 Å². The second-order valence-corrected chi connectivity index (χ2v) is 6.37. The van der Waals surface area contributed by atoms with Crippen LogP contribution in [-0.2, 0) is 11.8 Å². The van der Waals surface area contributed by atoms with Gasteiger partial charge in [0.15, 0.2) is 0 Å². The number of nitrogens with two attached hydrogens (primary N) is 1. The number of methoxy groups -OCH3 is 1. The predicted molar refractivity (Wildman–Crippen MR) is 95.5 cm³/mol. The van der Waals surface area contributed by atoms with Gasteiger partial charge in [0, 0.05) is 39.5 Å². The second kappa shape index (κ2) is 7.10. The van der Waals surface area contributed by atoms with Crippen molar-refractivity contribution in [1.82, 2.24) is 19.9 Å². The van der Waals surface area contributed by atoms with E-state index in [1.165, 1.54) is 6.33 Å². The molecule has 8 heteroatoms. The predicted octanol–water partition coefficient (Wildman–Crippen LogP) is 0.729. The van der Waals surface area contributed by atoms with Crippen LogP contribution in [0.15, 0.2) is 24.7 Å². The maximum absolute atomic E-state index is 12.5. The first-order valence-electron chi connectivity index (χ1n) is 8.26. The average molecular weight is 344 g/mol. The number of amides is 1. The van der Waals surface area contributed by atoms with E-state index < -0.39 is 0 Å². The molecule has 0 bridgehead atoms. The molecule has 1 aliphatic heterocycles. The van der Waals surface area contributed by atoms with Gasteiger partial charge in [-0.3, -0.25) is 4.79 Å². The Morgan fingerprint density at radius 2 is 2.28 bits per heavy atom. The lowest BCUT2D eigenvalue weighted by molar-refractivity contribution is 0.0937. The summed E-state index contributed by atoms with van der Waals surface area (Å²) >= 11 is 0. The molecule has 25 heavy (non-hydrogen) atoms. The van der Waals surface area contributed by atoms with Gasteiger partial charge < -0.3 is 25.3 Å². The van der Waals surface area contributed by atoms with Gasteiger partial charge in [0.25, 0.3) is 5.91 Å². The van der Waals surface area contributed by atoms with Crippen molar-refractivity contribution in [2.45, 2.75) is 25.5 Å². The molecule has 3 N–H and O–H groups in total. The average Bonchev–Trinajstić information content (AvgIpc) is 3.16. The van der Waals surface area contributed by atoms with Crippen LogP contribution in [0.1, 0.15) is 22.5 Å². The van der Waals surface area contributed by atoms with E-state index in [1.54, 1.807) is 13.2 Å². The van der Waals surface area contributed by atoms with Gasteiger partial charge in [-0.15, -0.1) is 0 Å². The molecule has 2 atom stereocenters. The van der Waals surface area contributed by atoms with E-state index in [-0.39, 0.29) is 18.1 Å². The summed E-state index contributed by atoms with van der Waals surface area (Å²) in [7, 11) is 3.57. The fourth-order valence-electron chi connectivity index (χ4n) is 3.33. The summed E-state index contributed by atoms with van der Waals surface area (Å²) in [6, 6.07) is 3.76. The first-order valence-corrected chi connectivity index (χ1v) is 8.26. The number of anilines is 2. The highest BCUT2D eigenvalue weighted by atomic mass is 16.5. The fourth-order valence-corrected chi connectivity index (χ4v) is 3.33. The monoisotopic (exact) mass is 344 g/mol. The van der Waals surface area contributed by atoms with E-state index in [9.17, 15) is 4.79 Å². The van der Waals surface area contributed by atoms with Gasteiger partial charge in [0.2, 0.25) is 0 Å². The van der Waals surface area contributed by atoms with Crippen LogP contribution in [0.2, 0.25) is 0 Å². The highest BCUT2D eigenvalue weighted by molar-refractivity contribution is 5.94. The summed E-state index contributed by atoms with van der Waals surface area (Å²) in [6.07, 6.45) is 4.24. The van der Waals surface area contributed by atoms with E-state index in [4.69, 9.17) is 10.5 Å². The Morgan fingerprint density at radius 1 is 1.48 bits per heavy atom. The summed E-state index contributed by atoms with van der Waals surface area (Å²) < 4.78 is 7.34. The van der Waals surface area contributed by atoms with Crippen molar-refractivity contribution in [2.75, 3.05) is 30.8 Å². The minimum atomic E-state index is -0.0759. The molecule has 3 rings (SSSR count). The molecule has 134 valence electrons. The number of hydrogen-bond acceptors (Lipinski definition) is 6. The molecule has 1 saturated heterocycles. The zero-order valence-electron chi connectivity index (χ0n) is 14.8. The molecule has 0 aromatic carbocycles. The molecule has 0 aliphatic carbocycles. The maximum Gasteiger partial charge on any atom is 0.268 e. The van der Waals surface area contributed by atoms with Gasteiger partial charge in [-0.25, -0.2) is 9.97 Å². The SMILES string of the molecule is CO[C@@H]1C[C@H](CNC(=O)c2c(C)ccn2C)N(c2cc(N)ncn2)C1. The fraction of sp³-hybridized carbons (Fsp3) is 0.471. The number of nitrogen functional groups attached to an aromatic ring is 1. The first-order chi connectivity index (χ1) is 12.0. The molecule has 1 amide bonds. The Labute approximate surface area is 147 Å². The minimum Gasteiger partial charge on any atom is -0.384 e. The minimum absolute atomic E-state index is 0.0759. The molecule has 2 aromatic rings. The Bertz CT molecular complexity index is 740. The van der Waals surface area contributed by atoms with Crippen LogP contribution in [-0.4, -0.2) is 52.8 Å². The third kappa shape index (κ3) is 3.58. The van der Waals surface area contributed by atoms with Crippen LogP contribution < -0.4 is 16.0 Å². The summed E-state index contributed by atoms with van der Waals surface area (Å²) in [4.78, 5) is 22.9. The number of carbonyl (C=O) groups is 1. The Kier molecular flexibility index (Phi) is 4.89. The highest BCUT2D eigenvalue weighted by Gasteiger charge is 2.33. The van der Waals surface area contributed by atoms with Gasteiger partial charge in [0.1, 0.15) is 23.7 Å². The number of aryl methyl sites for hydroxylation is 2. The normalized spacial score (nSPS) is 20.0. The number of nitrogens with one attached hydrogen (secondary N) is 1. The Balaban J connectivity index is 1.72. The van der Waals surface area contributed by atoms with Crippen molar-refractivity contribution < 1.29 is 9.53 Å². The summed E-state index contributed by atoms with van der Waals surface area (Å²) in [6.45, 7) is 3.14. The summed E-state index contributed by atoms with van der Waals surface area (Å²) in [5, 5.41) is 3.04. The molecule has 0 unspecified atom stereocenters. The van der Waals surface area contributed by atoms with Gasteiger partial charge in [0.05, 0.1) is 12.1 Å². The molecule has 2 aromatic heterocycles. The second-order valence-electron chi connectivity index (χ2n) is 6.37. The largest absolute Gasteiger partial charge is 0.384 e. The topological polar surface area (TPSA) is 98.3 Å². The van der Waals surface area contributed by atoms with Crippen LogP contribution >= 0.6 is 0 Å². The number of rotatable bonds is 5. The number of carbonyl (C=O) groups excluding carboxylic acids is 1. The van der Waals surface area contributed by atoms with Gasteiger partial charge >= 0.3 is 0 Å². The van der Waals surface area contributed by atoms with Gasteiger partial charge in [-0.05, 0) is 25.0 Å². The van der Waals surface area contributed by atoms with Crippen molar-refractivity contribution in [3.63, 3.8) is 0 Å². The van der Waals surface area contributed by atoms with Crippen LogP contribution in [0, 0.1) is 6.92 Å². The van der Waals surface area contributed by atoms with Gasteiger partial charge in [-0.1, -0.05) is 0 Å². The van der Waals surface area contributed by atoms with E-state index >= 15 is 0 Å². The third-order valence-electron chi connectivity index (χ3n) is 4.67. The highest BCUT2D eigenvalue weighted by Crippen LogP contribution is 2.25. The van der Waals surface area contributed by atoms with E-state index in [2.05, 4.69) is 20.2 Å². The molecule has 3 heterocycles. The van der Waals surface area contributed by atoms with Crippen molar-refractivity contribution >= 4 is 17.5 Å². The van der Waals surface area contributed by atoms with Crippen molar-refractivity contribution in [3.05, 3.63) is 35.9 Å². The lowest BCUT2D eigenvalue weighted by atomic mass is 10.2. The van der Waals surface area contributed by atoms with Crippen molar-refractivity contribution in [3.8, 4) is 0 Å². The smallest absolute Gasteiger partial charge is 0.268 e.